The summed E-state index contributed by atoms with van der Waals surface area (Å²) in [5.74, 6) is -1.01. The number of nitrogens with one attached hydrogen (secondary N) is 1. The van der Waals surface area contributed by atoms with Gasteiger partial charge in [0.25, 0.3) is 0 Å². The number of thiophene rings is 1. The van der Waals surface area contributed by atoms with Crippen LogP contribution in [0.2, 0.25) is 0 Å². The first-order valence-electron chi connectivity index (χ1n) is 4.55. The van der Waals surface area contributed by atoms with Crippen LogP contribution in [0.4, 0.5) is 5.69 Å². The number of hydrogen-bond acceptors (Lipinski definition) is 5. The molecule has 5 nitrogen and oxygen atoms in total. The Morgan fingerprint density at radius 3 is 3.12 bits per heavy atom. The average Bonchev–Trinajstić information content (AvgIpc) is 2.79. The van der Waals surface area contributed by atoms with Gasteiger partial charge >= 0.3 is 5.97 Å². The lowest BCUT2D eigenvalue weighted by Crippen LogP contribution is -2.09. The Morgan fingerprint density at radius 1 is 1.56 bits per heavy atom. The van der Waals surface area contributed by atoms with Crippen LogP contribution in [0.25, 0.3) is 0 Å². The molecule has 2 aromatic heterocycles. The van der Waals surface area contributed by atoms with E-state index in [1.54, 1.807) is 11.3 Å². The number of aromatic carboxylic acids is 1. The highest BCUT2D eigenvalue weighted by Crippen LogP contribution is 2.13. The van der Waals surface area contributed by atoms with Gasteiger partial charge in [0.2, 0.25) is 0 Å². The number of rotatable bonds is 4. The zero-order chi connectivity index (χ0) is 11.4. The van der Waals surface area contributed by atoms with E-state index in [0.29, 0.717) is 12.2 Å². The van der Waals surface area contributed by atoms with Gasteiger partial charge in [0.15, 0.2) is 0 Å². The Hall–Kier alpha value is -1.95. The Labute approximate surface area is 95.8 Å². The van der Waals surface area contributed by atoms with E-state index < -0.39 is 5.97 Å². The molecule has 2 aromatic rings. The minimum Gasteiger partial charge on any atom is -0.478 e. The summed E-state index contributed by atoms with van der Waals surface area (Å²) >= 11 is 1.57. The first-order valence-corrected chi connectivity index (χ1v) is 5.50. The van der Waals surface area contributed by atoms with Gasteiger partial charge < -0.3 is 10.4 Å². The van der Waals surface area contributed by atoms with E-state index in [0.717, 1.165) is 5.69 Å². The highest BCUT2D eigenvalue weighted by Gasteiger charge is 2.10. The Bertz CT molecular complexity index is 485. The Kier molecular flexibility index (Phi) is 3.11. The van der Waals surface area contributed by atoms with Crippen LogP contribution >= 0.6 is 11.3 Å². The van der Waals surface area contributed by atoms with E-state index in [2.05, 4.69) is 15.3 Å². The minimum absolute atomic E-state index is 0.130. The number of aromatic nitrogens is 2. The summed E-state index contributed by atoms with van der Waals surface area (Å²) in [6.07, 6.45) is 2.65. The molecule has 0 radical (unpaired) electrons. The molecule has 0 aliphatic heterocycles. The summed E-state index contributed by atoms with van der Waals surface area (Å²) in [6.45, 7) is 0.376. The number of carboxylic acid groups (broad SMARTS) is 1. The van der Waals surface area contributed by atoms with Gasteiger partial charge in [-0.2, -0.15) is 11.3 Å². The van der Waals surface area contributed by atoms with Gasteiger partial charge in [-0.05, 0) is 11.4 Å². The molecule has 0 fully saturated rings. The largest absolute Gasteiger partial charge is 0.478 e. The summed E-state index contributed by atoms with van der Waals surface area (Å²) in [7, 11) is 0. The second-order valence-electron chi connectivity index (χ2n) is 3.05. The summed E-state index contributed by atoms with van der Waals surface area (Å²) in [4.78, 5) is 18.5. The van der Waals surface area contributed by atoms with Gasteiger partial charge in [0, 0.05) is 17.3 Å². The van der Waals surface area contributed by atoms with Crippen LogP contribution < -0.4 is 5.32 Å². The van der Waals surface area contributed by atoms with E-state index in [1.165, 1.54) is 12.5 Å². The second kappa shape index (κ2) is 4.71. The average molecular weight is 235 g/mol. The summed E-state index contributed by atoms with van der Waals surface area (Å²) < 4.78 is 0. The van der Waals surface area contributed by atoms with Crippen molar-refractivity contribution in [2.75, 3.05) is 5.32 Å². The minimum atomic E-state index is -1.01. The fourth-order valence-electron chi connectivity index (χ4n) is 1.23. The zero-order valence-corrected chi connectivity index (χ0v) is 9.07. The van der Waals surface area contributed by atoms with Crippen molar-refractivity contribution in [3.8, 4) is 0 Å². The van der Waals surface area contributed by atoms with Crippen molar-refractivity contribution in [2.45, 2.75) is 6.54 Å². The lowest BCUT2D eigenvalue weighted by Gasteiger charge is -2.05. The van der Waals surface area contributed by atoms with Crippen molar-refractivity contribution in [3.05, 3.63) is 40.6 Å². The monoisotopic (exact) mass is 235 g/mol. The van der Waals surface area contributed by atoms with Crippen LogP contribution in [0.15, 0.2) is 29.4 Å². The molecule has 2 heterocycles. The fourth-order valence-corrected chi connectivity index (χ4v) is 1.84. The van der Waals surface area contributed by atoms with E-state index >= 15 is 0 Å². The molecule has 0 saturated carbocycles. The maximum Gasteiger partial charge on any atom is 0.339 e. The van der Waals surface area contributed by atoms with Crippen molar-refractivity contribution in [2.24, 2.45) is 0 Å². The van der Waals surface area contributed by atoms with Gasteiger partial charge in [-0.15, -0.1) is 0 Å². The zero-order valence-electron chi connectivity index (χ0n) is 8.25. The summed E-state index contributed by atoms with van der Waals surface area (Å²) in [6, 6.07) is 1.92. The molecule has 0 atom stereocenters. The molecule has 2 rings (SSSR count). The number of carbonyl (C=O) groups is 1. The maximum absolute atomic E-state index is 10.9. The summed E-state index contributed by atoms with van der Waals surface area (Å²) in [5.41, 5.74) is 1.57. The van der Waals surface area contributed by atoms with Crippen molar-refractivity contribution in [1.82, 2.24) is 9.97 Å². The predicted octanol–water partition coefficient (Wildman–Crippen LogP) is 1.85. The molecule has 16 heavy (non-hydrogen) atoms. The third kappa shape index (κ3) is 2.34. The van der Waals surface area contributed by atoms with Crippen LogP contribution in [-0.2, 0) is 6.54 Å². The predicted molar refractivity (Wildman–Crippen MR) is 60.6 cm³/mol. The quantitative estimate of drug-likeness (QED) is 0.845. The molecule has 0 aromatic carbocycles. The van der Waals surface area contributed by atoms with E-state index in [9.17, 15) is 4.79 Å². The highest BCUT2D eigenvalue weighted by atomic mass is 32.1. The van der Waals surface area contributed by atoms with Gasteiger partial charge in [-0.1, -0.05) is 0 Å². The van der Waals surface area contributed by atoms with Crippen LogP contribution in [0.1, 0.15) is 16.1 Å². The van der Waals surface area contributed by atoms with Crippen LogP contribution in [-0.4, -0.2) is 21.0 Å². The normalized spacial score (nSPS) is 10.0. The van der Waals surface area contributed by atoms with Crippen LogP contribution in [0, 0.1) is 0 Å². The van der Waals surface area contributed by atoms with Crippen LogP contribution in [0.5, 0.6) is 0 Å². The molecule has 0 unspecified atom stereocenters. The van der Waals surface area contributed by atoms with Gasteiger partial charge in [0.05, 0.1) is 12.2 Å². The second-order valence-corrected chi connectivity index (χ2v) is 3.83. The van der Waals surface area contributed by atoms with Crippen molar-refractivity contribution in [3.63, 3.8) is 0 Å². The number of carboxylic acids is 1. The van der Waals surface area contributed by atoms with Gasteiger partial charge in [-0.3, -0.25) is 0 Å². The lowest BCUT2D eigenvalue weighted by atomic mass is 10.2. The smallest absolute Gasteiger partial charge is 0.339 e. The van der Waals surface area contributed by atoms with Crippen molar-refractivity contribution >= 4 is 23.0 Å². The molecule has 2 N–H and O–H groups in total. The Balaban J connectivity index is 2.12. The molecule has 0 aliphatic rings. The first kappa shape index (κ1) is 10.6. The maximum atomic E-state index is 10.9. The van der Waals surface area contributed by atoms with Gasteiger partial charge in [0.1, 0.15) is 11.9 Å². The Morgan fingerprint density at radius 2 is 2.44 bits per heavy atom. The fraction of sp³-hybridized carbons (Fsp3) is 0.100. The molecular formula is C10H9N3O2S. The van der Waals surface area contributed by atoms with E-state index in [1.807, 2.05) is 16.8 Å². The first-order chi connectivity index (χ1) is 7.77. The lowest BCUT2D eigenvalue weighted by molar-refractivity contribution is 0.0694. The molecule has 0 bridgehead atoms. The molecular weight excluding hydrogens is 226 g/mol. The van der Waals surface area contributed by atoms with E-state index in [-0.39, 0.29) is 5.56 Å². The number of nitrogens with zero attached hydrogens (tertiary/aromatic N) is 2. The topological polar surface area (TPSA) is 75.1 Å². The SMILES string of the molecule is O=C(O)c1cncnc1CNc1ccsc1. The summed E-state index contributed by atoms with van der Waals surface area (Å²) in [5, 5.41) is 15.9. The third-order valence-corrected chi connectivity index (χ3v) is 2.69. The van der Waals surface area contributed by atoms with Gasteiger partial charge in [-0.25, -0.2) is 14.8 Å². The molecule has 0 spiro atoms. The molecule has 82 valence electrons. The molecule has 0 aliphatic carbocycles. The molecule has 0 amide bonds. The van der Waals surface area contributed by atoms with Crippen molar-refractivity contribution in [1.29, 1.82) is 0 Å². The van der Waals surface area contributed by atoms with E-state index in [4.69, 9.17) is 5.11 Å². The molecule has 6 heteroatoms. The van der Waals surface area contributed by atoms with Crippen LogP contribution in [0.3, 0.4) is 0 Å². The third-order valence-electron chi connectivity index (χ3n) is 2.01. The molecule has 0 saturated heterocycles. The number of hydrogen-bond donors (Lipinski definition) is 2. The highest BCUT2D eigenvalue weighted by molar-refractivity contribution is 7.08. The van der Waals surface area contributed by atoms with Crippen molar-refractivity contribution < 1.29 is 9.90 Å². The number of anilines is 1. The standard InChI is InChI=1S/C10H9N3O2S/c14-10(15)8-3-11-6-13-9(8)4-12-7-1-2-16-5-7/h1-3,5-6,12H,4H2,(H,14,15).